The van der Waals surface area contributed by atoms with E-state index in [1.54, 1.807) is 16.0 Å². The molecule has 0 N–H and O–H groups in total. The lowest BCUT2D eigenvalue weighted by atomic mass is 9.52. The van der Waals surface area contributed by atoms with E-state index in [9.17, 15) is 9.59 Å². The first-order chi connectivity index (χ1) is 17.5. The van der Waals surface area contributed by atoms with Gasteiger partial charge in [0.05, 0.1) is 18.2 Å². The van der Waals surface area contributed by atoms with E-state index >= 15 is 0 Å². The third-order valence-corrected chi connectivity index (χ3v) is 12.5. The summed E-state index contributed by atoms with van der Waals surface area (Å²) in [6, 6.07) is 0.345. The molecule has 5 nitrogen and oxygen atoms in total. The van der Waals surface area contributed by atoms with Crippen molar-refractivity contribution in [2.75, 3.05) is 27.2 Å². The highest BCUT2D eigenvalue weighted by Gasteiger charge is 2.60. The quantitative estimate of drug-likeness (QED) is 0.462. The van der Waals surface area contributed by atoms with Crippen LogP contribution in [0.3, 0.4) is 0 Å². The van der Waals surface area contributed by atoms with Gasteiger partial charge >= 0.3 is 0 Å². The van der Waals surface area contributed by atoms with Gasteiger partial charge in [0.2, 0.25) is 5.91 Å². The van der Waals surface area contributed by atoms with Crippen LogP contribution in [0.5, 0.6) is 0 Å². The summed E-state index contributed by atoms with van der Waals surface area (Å²) >= 11 is 0. The summed E-state index contributed by atoms with van der Waals surface area (Å²) in [6.07, 6.45) is 11.4. The second-order valence-electron chi connectivity index (χ2n) is 14.7. The Labute approximate surface area is 224 Å². The van der Waals surface area contributed by atoms with Crippen molar-refractivity contribution in [3.8, 4) is 0 Å². The molecular weight excluding hydrogens is 460 g/mol. The number of piperidine rings is 1. The molecule has 0 aromatic carbocycles. The topological polar surface area (TPSA) is 49.9 Å². The minimum absolute atomic E-state index is 0.0892. The number of hydrogen-bond donors (Lipinski definition) is 0. The lowest BCUT2D eigenvalue weighted by Crippen LogP contribution is -2.54. The Hall–Kier alpha value is -1.20. The first-order valence-corrected chi connectivity index (χ1v) is 15.3. The molecule has 1 amide bonds. The summed E-state index contributed by atoms with van der Waals surface area (Å²) in [5.41, 5.74) is 3.65. The molecule has 4 aliphatic carbocycles. The van der Waals surface area contributed by atoms with E-state index in [4.69, 9.17) is 4.74 Å². The minimum atomic E-state index is -0.0892. The number of ether oxygens (including phenoxy) is 1. The fourth-order valence-electron chi connectivity index (χ4n) is 10.5. The highest BCUT2D eigenvalue weighted by Crippen LogP contribution is 2.65. The summed E-state index contributed by atoms with van der Waals surface area (Å²) in [7, 11) is 3.74. The van der Waals surface area contributed by atoms with Crippen molar-refractivity contribution in [1.29, 1.82) is 0 Å². The largest absolute Gasteiger partial charge is 0.369 e. The van der Waals surface area contributed by atoms with Crippen molar-refractivity contribution in [1.82, 2.24) is 9.80 Å². The van der Waals surface area contributed by atoms with Crippen molar-refractivity contribution >= 4 is 11.7 Å². The maximum absolute atomic E-state index is 12.7. The summed E-state index contributed by atoms with van der Waals surface area (Å²) in [6.45, 7) is 11.2. The van der Waals surface area contributed by atoms with Crippen LogP contribution >= 0.6 is 0 Å². The lowest BCUT2D eigenvalue weighted by Gasteiger charge is -2.52. The number of carbonyl (C=O) groups excluding carboxylic acids is 2. The monoisotopic (exact) mass is 510 g/mol. The Balaban J connectivity index is 1.25. The molecule has 6 aliphatic rings. The third-order valence-electron chi connectivity index (χ3n) is 12.5. The molecule has 2 saturated heterocycles. The Bertz CT molecular complexity index is 989. The van der Waals surface area contributed by atoms with E-state index in [0.29, 0.717) is 47.5 Å². The number of rotatable bonds is 2. The van der Waals surface area contributed by atoms with E-state index in [1.165, 1.54) is 25.7 Å². The third kappa shape index (κ3) is 4.08. The second kappa shape index (κ2) is 9.18. The van der Waals surface area contributed by atoms with Crippen molar-refractivity contribution in [2.45, 2.75) is 110 Å². The van der Waals surface area contributed by atoms with Gasteiger partial charge < -0.3 is 9.64 Å². The molecule has 0 aromatic rings. The van der Waals surface area contributed by atoms with E-state index < -0.39 is 0 Å². The second-order valence-corrected chi connectivity index (χ2v) is 14.7. The molecule has 3 saturated carbocycles. The van der Waals surface area contributed by atoms with Crippen LogP contribution in [0.15, 0.2) is 11.1 Å². The first-order valence-electron chi connectivity index (χ1n) is 15.3. The summed E-state index contributed by atoms with van der Waals surface area (Å²) < 4.78 is 7.18. The van der Waals surface area contributed by atoms with Gasteiger partial charge in [0.1, 0.15) is 5.78 Å². The Morgan fingerprint density at radius 3 is 2.68 bits per heavy atom. The molecule has 10 atom stereocenters. The molecular formula is C32H50N2O3. The molecule has 5 heteroatoms. The average molecular weight is 511 g/mol. The molecule has 1 spiro atoms. The predicted molar refractivity (Wildman–Crippen MR) is 146 cm³/mol. The molecule has 0 bridgehead atoms. The van der Waals surface area contributed by atoms with Gasteiger partial charge in [-0.3, -0.25) is 14.5 Å². The molecule has 2 aliphatic heterocycles. The van der Waals surface area contributed by atoms with Gasteiger partial charge in [-0.05, 0) is 93.3 Å². The van der Waals surface area contributed by atoms with Crippen molar-refractivity contribution in [3.63, 3.8) is 0 Å². The molecule has 5 fully saturated rings. The number of fused-ring (bicyclic) bond motifs is 6. The molecule has 0 radical (unpaired) electrons. The molecule has 1 unspecified atom stereocenters. The molecule has 206 valence electrons. The number of hydrogen-bond acceptors (Lipinski definition) is 4. The number of likely N-dealkylation sites (tertiary alicyclic amines) is 1. The van der Waals surface area contributed by atoms with Crippen LogP contribution in [0, 0.1) is 40.9 Å². The van der Waals surface area contributed by atoms with Crippen LogP contribution < -0.4 is 0 Å². The molecule has 2 heterocycles. The van der Waals surface area contributed by atoms with Crippen LogP contribution in [0.1, 0.15) is 91.9 Å². The molecule has 6 rings (SSSR count). The van der Waals surface area contributed by atoms with Gasteiger partial charge in [-0.25, -0.2) is 0 Å². The van der Waals surface area contributed by atoms with Crippen LogP contribution in [0.4, 0.5) is 0 Å². The fourth-order valence-corrected chi connectivity index (χ4v) is 10.5. The smallest absolute Gasteiger partial charge is 0.236 e. The van der Waals surface area contributed by atoms with Gasteiger partial charge in [-0.2, -0.15) is 0 Å². The zero-order valence-electron chi connectivity index (χ0n) is 24.2. The lowest BCUT2D eigenvalue weighted by molar-refractivity contribution is -0.132. The summed E-state index contributed by atoms with van der Waals surface area (Å²) in [5, 5.41) is 0. The van der Waals surface area contributed by atoms with Gasteiger partial charge in [0, 0.05) is 45.4 Å². The van der Waals surface area contributed by atoms with Gasteiger partial charge in [0.15, 0.2) is 0 Å². The number of ketones is 1. The zero-order chi connectivity index (χ0) is 26.3. The number of likely N-dealkylation sites (N-methyl/N-ethyl adjacent to an activating group) is 1. The highest BCUT2D eigenvalue weighted by molar-refractivity contribution is 5.79. The van der Waals surface area contributed by atoms with Crippen molar-refractivity contribution < 1.29 is 14.3 Å². The maximum Gasteiger partial charge on any atom is 0.236 e. The van der Waals surface area contributed by atoms with Crippen molar-refractivity contribution in [2.24, 2.45) is 40.9 Å². The van der Waals surface area contributed by atoms with Crippen molar-refractivity contribution in [3.05, 3.63) is 11.1 Å². The fraction of sp³-hybridized carbons (Fsp3) is 0.875. The summed E-state index contributed by atoms with van der Waals surface area (Å²) in [5.74, 6) is 4.59. The van der Waals surface area contributed by atoms with E-state index in [1.807, 2.05) is 14.1 Å². The highest BCUT2D eigenvalue weighted by atomic mass is 16.5. The zero-order valence-corrected chi connectivity index (χ0v) is 24.2. The predicted octanol–water partition coefficient (Wildman–Crippen LogP) is 5.48. The van der Waals surface area contributed by atoms with E-state index in [-0.39, 0.29) is 17.6 Å². The minimum Gasteiger partial charge on any atom is -0.369 e. The Morgan fingerprint density at radius 1 is 1.14 bits per heavy atom. The first kappa shape index (κ1) is 26.0. The SMILES string of the molecule is CC1=C2C[C@H]3[C@@H](CC[C@@H]4CC(=O)CC[C@@]43C)[C@@H]2CC[C@@]2(C1)OC1C[C@H](C)CN(CC(=O)N(C)C)[C@H]1[C@H]2C. The van der Waals surface area contributed by atoms with E-state index in [2.05, 4.69) is 32.6 Å². The van der Waals surface area contributed by atoms with Crippen LogP contribution in [-0.4, -0.2) is 66.4 Å². The normalized spacial score (nSPS) is 47.8. The van der Waals surface area contributed by atoms with Crippen LogP contribution in [0.2, 0.25) is 0 Å². The van der Waals surface area contributed by atoms with Crippen LogP contribution in [0.25, 0.3) is 0 Å². The Morgan fingerprint density at radius 2 is 1.92 bits per heavy atom. The maximum atomic E-state index is 12.7. The standard InChI is InChI=1S/C32H50N2O3/c1-19-13-28-30(34(17-19)18-29(36)33(5)6)21(3)32(37-28)12-10-24-25-8-7-22-14-23(35)9-11-31(22,4)27(25)15-26(24)20(2)16-32/h19,21-22,24-25,27-28,30H,7-18H2,1-6H3/t19-,21+,22+,24-,25-,27-,28?,30-,31-,32-/m0/s1. The van der Waals surface area contributed by atoms with Crippen LogP contribution in [-0.2, 0) is 14.3 Å². The Kier molecular flexibility index (Phi) is 6.46. The summed E-state index contributed by atoms with van der Waals surface area (Å²) in [4.78, 5) is 29.2. The van der Waals surface area contributed by atoms with Gasteiger partial charge in [0.25, 0.3) is 0 Å². The average Bonchev–Trinajstić information content (AvgIpc) is 3.29. The number of carbonyl (C=O) groups is 2. The van der Waals surface area contributed by atoms with Gasteiger partial charge in [-0.15, -0.1) is 0 Å². The molecule has 37 heavy (non-hydrogen) atoms. The number of allylic oxidation sites excluding steroid dienone is 1. The number of Topliss-reactive ketones (excluding diaryl/α,β-unsaturated/α-hetero) is 1. The van der Waals surface area contributed by atoms with E-state index in [0.717, 1.165) is 56.9 Å². The number of amides is 1. The van der Waals surface area contributed by atoms with Gasteiger partial charge in [-0.1, -0.05) is 31.9 Å². The molecule has 0 aromatic heterocycles. The number of nitrogens with zero attached hydrogens (tertiary/aromatic N) is 2.